The van der Waals surface area contributed by atoms with Crippen molar-refractivity contribution in [2.75, 3.05) is 25.5 Å². The maximum Gasteiger partial charge on any atom is 0.260 e. The summed E-state index contributed by atoms with van der Waals surface area (Å²) in [6.45, 7) is 3.19. The van der Waals surface area contributed by atoms with Crippen LogP contribution in [0.2, 0.25) is 0 Å². The maximum atomic E-state index is 12.1. The van der Waals surface area contributed by atoms with Crippen molar-refractivity contribution in [2.45, 2.75) is 13.8 Å². The molecule has 0 atom stereocenters. The second-order valence-corrected chi connectivity index (χ2v) is 6.03. The van der Waals surface area contributed by atoms with Gasteiger partial charge in [-0.2, -0.15) is 0 Å². The van der Waals surface area contributed by atoms with Gasteiger partial charge in [0, 0.05) is 18.3 Å². The van der Waals surface area contributed by atoms with Gasteiger partial charge in [0.1, 0.15) is 5.75 Å². The Morgan fingerprint density at radius 1 is 1.00 bits per heavy atom. The number of hydrogen-bond donors (Lipinski definition) is 1. The van der Waals surface area contributed by atoms with Gasteiger partial charge in [-0.15, -0.1) is 0 Å². The fourth-order valence-electron chi connectivity index (χ4n) is 2.18. The summed E-state index contributed by atoms with van der Waals surface area (Å²) in [7, 11) is 1.54. The summed E-state index contributed by atoms with van der Waals surface area (Å²) in [6.07, 6.45) is 0. The third kappa shape index (κ3) is 5.73. The lowest BCUT2D eigenvalue weighted by Gasteiger charge is -2.17. The minimum absolute atomic E-state index is 0.0352. The highest BCUT2D eigenvalue weighted by molar-refractivity contribution is 5.95. The van der Waals surface area contributed by atoms with Crippen LogP contribution in [0.5, 0.6) is 5.75 Å². The number of rotatable bonds is 7. The first kappa shape index (κ1) is 19.2. The number of Topliss-reactive ketones (excluding diaryl/α,β-unsaturated/α-hetero) is 1. The Bertz CT molecular complexity index is 782. The maximum absolute atomic E-state index is 12.1. The smallest absolute Gasteiger partial charge is 0.260 e. The minimum atomic E-state index is -0.320. The van der Waals surface area contributed by atoms with E-state index >= 15 is 0 Å². The number of likely N-dealkylation sites (N-methyl/N-ethyl adjacent to an activating group) is 1. The van der Waals surface area contributed by atoms with E-state index in [-0.39, 0.29) is 30.7 Å². The minimum Gasteiger partial charge on any atom is -0.484 e. The van der Waals surface area contributed by atoms with E-state index in [0.29, 0.717) is 17.0 Å². The van der Waals surface area contributed by atoms with Gasteiger partial charge in [-0.1, -0.05) is 17.7 Å². The molecule has 0 heterocycles. The molecule has 0 spiro atoms. The first-order chi connectivity index (χ1) is 12.3. The van der Waals surface area contributed by atoms with E-state index in [4.69, 9.17) is 4.74 Å². The summed E-state index contributed by atoms with van der Waals surface area (Å²) < 4.78 is 5.40. The van der Waals surface area contributed by atoms with Crippen molar-refractivity contribution >= 4 is 23.3 Å². The fourth-order valence-corrected chi connectivity index (χ4v) is 2.18. The number of anilines is 1. The van der Waals surface area contributed by atoms with Gasteiger partial charge in [0.05, 0.1) is 6.54 Å². The Balaban J connectivity index is 1.80. The number of benzene rings is 2. The number of carbonyl (C=O) groups is 3. The van der Waals surface area contributed by atoms with Crippen LogP contribution in [0.3, 0.4) is 0 Å². The lowest BCUT2D eigenvalue weighted by Crippen LogP contribution is -2.37. The van der Waals surface area contributed by atoms with Crippen LogP contribution in [-0.4, -0.2) is 42.7 Å². The van der Waals surface area contributed by atoms with Crippen molar-refractivity contribution in [1.82, 2.24) is 4.90 Å². The van der Waals surface area contributed by atoms with Crippen molar-refractivity contribution in [2.24, 2.45) is 0 Å². The van der Waals surface area contributed by atoms with Crippen LogP contribution in [0.25, 0.3) is 0 Å². The summed E-state index contributed by atoms with van der Waals surface area (Å²) >= 11 is 0. The van der Waals surface area contributed by atoms with E-state index in [9.17, 15) is 14.4 Å². The van der Waals surface area contributed by atoms with Gasteiger partial charge in [0.15, 0.2) is 12.4 Å². The van der Waals surface area contributed by atoms with Gasteiger partial charge in [0.2, 0.25) is 5.91 Å². The SMILES string of the molecule is CC(=O)c1ccc(OCC(=O)N(C)CC(=O)Nc2ccc(C)cc2)cc1. The first-order valence-electron chi connectivity index (χ1n) is 8.19. The van der Waals surface area contributed by atoms with Gasteiger partial charge in [0.25, 0.3) is 5.91 Å². The second-order valence-electron chi connectivity index (χ2n) is 6.03. The first-order valence-corrected chi connectivity index (χ1v) is 8.19. The molecule has 6 nitrogen and oxygen atoms in total. The highest BCUT2D eigenvalue weighted by Gasteiger charge is 2.14. The molecule has 6 heteroatoms. The molecule has 26 heavy (non-hydrogen) atoms. The van der Waals surface area contributed by atoms with Gasteiger partial charge >= 0.3 is 0 Å². The Morgan fingerprint density at radius 3 is 2.19 bits per heavy atom. The van der Waals surface area contributed by atoms with Crippen molar-refractivity contribution in [3.05, 3.63) is 59.7 Å². The predicted molar refractivity (Wildman–Crippen MR) is 99.4 cm³/mol. The molecule has 0 aliphatic rings. The molecule has 136 valence electrons. The van der Waals surface area contributed by atoms with Crippen LogP contribution in [0, 0.1) is 6.92 Å². The standard InChI is InChI=1S/C20H22N2O4/c1-14-4-8-17(9-5-14)21-19(24)12-22(3)20(25)13-26-18-10-6-16(7-11-18)15(2)23/h4-11H,12-13H2,1-3H3,(H,21,24). The van der Waals surface area contributed by atoms with E-state index in [0.717, 1.165) is 5.56 Å². The zero-order valence-corrected chi connectivity index (χ0v) is 15.1. The van der Waals surface area contributed by atoms with Gasteiger partial charge in [-0.05, 0) is 50.2 Å². The lowest BCUT2D eigenvalue weighted by atomic mass is 10.1. The Kier molecular flexibility index (Phi) is 6.49. The largest absolute Gasteiger partial charge is 0.484 e. The number of carbonyl (C=O) groups excluding carboxylic acids is 3. The zero-order chi connectivity index (χ0) is 19.1. The normalized spacial score (nSPS) is 10.1. The van der Waals surface area contributed by atoms with Crippen molar-refractivity contribution in [3.8, 4) is 5.75 Å². The Morgan fingerprint density at radius 2 is 1.62 bits per heavy atom. The van der Waals surface area contributed by atoms with E-state index in [1.54, 1.807) is 31.3 Å². The fraction of sp³-hybridized carbons (Fsp3) is 0.250. The number of ether oxygens (including phenoxy) is 1. The number of ketones is 1. The Hall–Kier alpha value is -3.15. The predicted octanol–water partition coefficient (Wildman–Crippen LogP) is 2.67. The third-order valence-corrected chi connectivity index (χ3v) is 3.77. The second kappa shape index (κ2) is 8.80. The molecular formula is C20H22N2O4. The topological polar surface area (TPSA) is 75.7 Å². The van der Waals surface area contributed by atoms with Crippen molar-refractivity contribution in [3.63, 3.8) is 0 Å². The zero-order valence-electron chi connectivity index (χ0n) is 15.1. The summed E-state index contributed by atoms with van der Waals surface area (Å²) in [5.74, 6) is -0.150. The third-order valence-electron chi connectivity index (χ3n) is 3.77. The molecule has 0 fully saturated rings. The van der Waals surface area contributed by atoms with Crippen LogP contribution in [0.1, 0.15) is 22.8 Å². The highest BCUT2D eigenvalue weighted by atomic mass is 16.5. The molecule has 0 radical (unpaired) electrons. The quantitative estimate of drug-likeness (QED) is 0.776. The molecule has 0 saturated heterocycles. The summed E-state index contributed by atoms with van der Waals surface area (Å²) in [4.78, 5) is 36.6. The molecule has 0 aromatic heterocycles. The van der Waals surface area contributed by atoms with Crippen molar-refractivity contribution < 1.29 is 19.1 Å². The summed E-state index contributed by atoms with van der Waals surface area (Å²) in [5.41, 5.74) is 2.36. The molecule has 2 rings (SSSR count). The van der Waals surface area contributed by atoms with E-state index < -0.39 is 0 Å². The van der Waals surface area contributed by atoms with Crippen LogP contribution >= 0.6 is 0 Å². The van der Waals surface area contributed by atoms with Crippen LogP contribution in [0.4, 0.5) is 5.69 Å². The van der Waals surface area contributed by atoms with E-state index in [1.807, 2.05) is 31.2 Å². The van der Waals surface area contributed by atoms with Crippen LogP contribution < -0.4 is 10.1 Å². The molecule has 2 aromatic rings. The van der Waals surface area contributed by atoms with E-state index in [1.165, 1.54) is 11.8 Å². The molecule has 1 N–H and O–H groups in total. The number of aryl methyl sites for hydroxylation is 1. The molecule has 2 amide bonds. The number of nitrogens with one attached hydrogen (secondary N) is 1. The van der Waals surface area contributed by atoms with E-state index in [2.05, 4.69) is 5.32 Å². The van der Waals surface area contributed by atoms with Gasteiger partial charge < -0.3 is 15.0 Å². The average molecular weight is 354 g/mol. The molecular weight excluding hydrogens is 332 g/mol. The number of amides is 2. The van der Waals surface area contributed by atoms with Gasteiger partial charge in [-0.25, -0.2) is 0 Å². The number of hydrogen-bond acceptors (Lipinski definition) is 4. The van der Waals surface area contributed by atoms with Gasteiger partial charge in [-0.3, -0.25) is 14.4 Å². The molecule has 0 bridgehead atoms. The van der Waals surface area contributed by atoms with Crippen LogP contribution in [0.15, 0.2) is 48.5 Å². The molecule has 0 aliphatic carbocycles. The lowest BCUT2D eigenvalue weighted by molar-refractivity contribution is -0.135. The molecule has 0 unspecified atom stereocenters. The monoisotopic (exact) mass is 354 g/mol. The molecule has 2 aromatic carbocycles. The molecule has 0 saturated carbocycles. The Labute approximate surface area is 152 Å². The number of nitrogens with zero attached hydrogens (tertiary/aromatic N) is 1. The molecule has 0 aliphatic heterocycles. The summed E-state index contributed by atoms with van der Waals surface area (Å²) in [5, 5.41) is 2.74. The van der Waals surface area contributed by atoms with Crippen LogP contribution in [-0.2, 0) is 9.59 Å². The highest BCUT2D eigenvalue weighted by Crippen LogP contribution is 2.13. The van der Waals surface area contributed by atoms with Crippen molar-refractivity contribution in [1.29, 1.82) is 0 Å². The average Bonchev–Trinajstić information content (AvgIpc) is 2.61. The summed E-state index contributed by atoms with van der Waals surface area (Å²) in [6, 6.07) is 14.0.